The molecule has 0 aliphatic carbocycles. The van der Waals surface area contributed by atoms with Gasteiger partial charge in [-0.05, 0) is 73.5 Å². The average molecular weight is 693 g/mol. The molecule has 0 fully saturated rings. The maximum Gasteiger partial charge on any atom is 0.338 e. The number of carbonyl (C=O) groups excluding carboxylic acids is 2. The summed E-state index contributed by atoms with van der Waals surface area (Å²) in [4.78, 5) is 44.4. The number of fused-ring (bicyclic) bond motifs is 1. The Morgan fingerprint density at radius 1 is 1.00 bits per heavy atom. The Hall–Kier alpha value is -5.75. The molecular formula is C38H36N4O7S. The predicted octanol–water partition coefficient (Wildman–Crippen LogP) is 5.37. The number of ether oxygens (including phenoxy) is 4. The van der Waals surface area contributed by atoms with Gasteiger partial charge in [-0.2, -0.15) is 5.10 Å². The molecule has 11 nitrogen and oxygen atoms in total. The molecule has 0 bridgehead atoms. The molecule has 5 aromatic rings. The van der Waals surface area contributed by atoms with Crippen molar-refractivity contribution in [3.05, 3.63) is 121 Å². The fourth-order valence-electron chi connectivity index (χ4n) is 5.72. The highest BCUT2D eigenvalue weighted by molar-refractivity contribution is 7.07. The SMILES string of the molecule is CCCCOc1ccc(-c2nn(-c3ccccc3)cc2/C=c2\sc3n(c2=O)C(c2ccc(OC(C)=O)c(OC)c2)C(C(=O)OC)=C(C)N=3)cc1. The fourth-order valence-corrected chi connectivity index (χ4v) is 6.75. The molecule has 2 aromatic heterocycles. The zero-order valence-electron chi connectivity index (χ0n) is 28.3. The minimum atomic E-state index is -0.895. The second-order valence-corrected chi connectivity index (χ2v) is 12.5. The summed E-state index contributed by atoms with van der Waals surface area (Å²) in [5, 5.41) is 4.93. The number of aromatic nitrogens is 3. The van der Waals surface area contributed by atoms with Crippen molar-refractivity contribution in [2.45, 2.75) is 39.7 Å². The normalized spacial score (nSPS) is 14.2. The highest BCUT2D eigenvalue weighted by Crippen LogP contribution is 2.36. The smallest absolute Gasteiger partial charge is 0.338 e. The highest BCUT2D eigenvalue weighted by atomic mass is 32.1. The Bertz CT molecular complexity index is 2270. The molecule has 3 heterocycles. The van der Waals surface area contributed by atoms with E-state index in [4.69, 9.17) is 24.0 Å². The Labute approximate surface area is 292 Å². The van der Waals surface area contributed by atoms with Crippen LogP contribution >= 0.6 is 11.3 Å². The summed E-state index contributed by atoms with van der Waals surface area (Å²) in [5.74, 6) is 0.107. The molecule has 50 heavy (non-hydrogen) atoms. The Balaban J connectivity index is 1.50. The van der Waals surface area contributed by atoms with Gasteiger partial charge in [-0.15, -0.1) is 0 Å². The van der Waals surface area contributed by atoms with Crippen LogP contribution in [0.2, 0.25) is 0 Å². The first-order valence-corrected chi connectivity index (χ1v) is 16.9. The van der Waals surface area contributed by atoms with E-state index in [1.807, 2.05) is 60.8 Å². The van der Waals surface area contributed by atoms with Crippen LogP contribution in [0.5, 0.6) is 17.2 Å². The maximum absolute atomic E-state index is 14.4. The zero-order chi connectivity index (χ0) is 35.4. The summed E-state index contributed by atoms with van der Waals surface area (Å²) >= 11 is 1.21. The van der Waals surface area contributed by atoms with Crippen molar-refractivity contribution in [1.82, 2.24) is 14.3 Å². The van der Waals surface area contributed by atoms with E-state index in [9.17, 15) is 14.4 Å². The van der Waals surface area contributed by atoms with Crippen molar-refractivity contribution < 1.29 is 28.5 Å². The third-order valence-electron chi connectivity index (χ3n) is 8.13. The van der Waals surface area contributed by atoms with Gasteiger partial charge in [-0.3, -0.25) is 14.2 Å². The van der Waals surface area contributed by atoms with Gasteiger partial charge in [0.2, 0.25) is 0 Å². The van der Waals surface area contributed by atoms with Crippen molar-refractivity contribution in [1.29, 1.82) is 0 Å². The zero-order valence-corrected chi connectivity index (χ0v) is 29.2. The number of benzene rings is 3. The number of nitrogens with zero attached hydrogens (tertiary/aromatic N) is 4. The van der Waals surface area contributed by atoms with E-state index in [1.54, 1.807) is 35.9 Å². The number of rotatable bonds is 11. The molecule has 0 saturated carbocycles. The topological polar surface area (TPSA) is 123 Å². The van der Waals surface area contributed by atoms with Crippen LogP contribution in [-0.4, -0.2) is 47.1 Å². The molecule has 1 aliphatic rings. The number of allylic oxidation sites excluding steroid dienone is 1. The maximum atomic E-state index is 14.4. The molecule has 3 aromatic carbocycles. The van der Waals surface area contributed by atoms with E-state index in [0.29, 0.717) is 38.5 Å². The van der Waals surface area contributed by atoms with Gasteiger partial charge in [0, 0.05) is 24.2 Å². The first kappa shape index (κ1) is 34.1. The first-order valence-electron chi connectivity index (χ1n) is 16.1. The molecule has 256 valence electrons. The second kappa shape index (κ2) is 14.8. The number of thiazole rings is 1. The van der Waals surface area contributed by atoms with Crippen LogP contribution < -0.4 is 29.1 Å². The number of methoxy groups -OCH3 is 2. The van der Waals surface area contributed by atoms with Crippen molar-refractivity contribution >= 4 is 29.4 Å². The van der Waals surface area contributed by atoms with Gasteiger partial charge in [0.1, 0.15) is 11.4 Å². The molecule has 1 aliphatic heterocycles. The van der Waals surface area contributed by atoms with Crippen LogP contribution in [0, 0.1) is 0 Å². The quantitative estimate of drug-likeness (QED) is 0.103. The van der Waals surface area contributed by atoms with Crippen molar-refractivity contribution in [3.8, 4) is 34.2 Å². The molecule has 0 saturated heterocycles. The number of carbonyl (C=O) groups is 2. The molecule has 0 amide bonds. The lowest BCUT2D eigenvalue weighted by Crippen LogP contribution is -2.39. The third kappa shape index (κ3) is 6.88. The molecule has 0 spiro atoms. The lowest BCUT2D eigenvalue weighted by atomic mass is 9.95. The predicted molar refractivity (Wildman–Crippen MR) is 189 cm³/mol. The van der Waals surface area contributed by atoms with E-state index < -0.39 is 18.0 Å². The number of hydrogen-bond acceptors (Lipinski definition) is 10. The van der Waals surface area contributed by atoms with Gasteiger partial charge >= 0.3 is 11.9 Å². The van der Waals surface area contributed by atoms with Gasteiger partial charge in [0.05, 0.1) is 48.4 Å². The fraction of sp³-hybridized carbons (Fsp3) is 0.237. The standard InChI is InChI=1S/C38H36N4O7S/c1-6-7-19-48-29-16-13-25(14-17-29)34-27(22-41(40-34)28-11-9-8-10-12-28)21-32-36(44)42-35(33(37(45)47-5)23(2)39-38(42)50-32)26-15-18-30(49-24(3)43)31(20-26)46-4/h8-18,20-22,35H,6-7,19H2,1-5H3/b32-21-. The summed E-state index contributed by atoms with van der Waals surface area (Å²) in [5.41, 5.74) is 3.90. The second-order valence-electron chi connectivity index (χ2n) is 11.5. The van der Waals surface area contributed by atoms with E-state index >= 15 is 0 Å². The van der Waals surface area contributed by atoms with Crippen LogP contribution in [0.3, 0.4) is 0 Å². The van der Waals surface area contributed by atoms with Crippen molar-refractivity contribution in [2.24, 2.45) is 4.99 Å². The number of unbranched alkanes of at least 4 members (excludes halogenated alkanes) is 1. The molecular weight excluding hydrogens is 657 g/mol. The van der Waals surface area contributed by atoms with Crippen molar-refractivity contribution in [2.75, 3.05) is 20.8 Å². The van der Waals surface area contributed by atoms with E-state index in [-0.39, 0.29) is 22.6 Å². The van der Waals surface area contributed by atoms with E-state index in [1.165, 1.54) is 37.0 Å². The Kier molecular flexibility index (Phi) is 10.1. The van der Waals surface area contributed by atoms with Crippen molar-refractivity contribution in [3.63, 3.8) is 0 Å². The summed E-state index contributed by atoms with van der Waals surface area (Å²) in [6.45, 7) is 5.76. The molecule has 1 atom stereocenters. The summed E-state index contributed by atoms with van der Waals surface area (Å²) in [7, 11) is 2.73. The van der Waals surface area contributed by atoms with Crippen LogP contribution in [0.15, 0.2) is 100 Å². The lowest BCUT2D eigenvalue weighted by Gasteiger charge is -2.25. The third-order valence-corrected chi connectivity index (χ3v) is 9.11. The molecule has 6 rings (SSSR count). The summed E-state index contributed by atoms with van der Waals surface area (Å²) < 4.78 is 25.5. The average Bonchev–Trinajstić information content (AvgIpc) is 3.68. The van der Waals surface area contributed by atoms with Gasteiger partial charge < -0.3 is 18.9 Å². The van der Waals surface area contributed by atoms with Crippen LogP contribution in [0.4, 0.5) is 0 Å². The number of hydrogen-bond donors (Lipinski definition) is 0. The number of esters is 2. The van der Waals surface area contributed by atoms with Gasteiger partial charge in [-0.1, -0.05) is 48.9 Å². The van der Waals surface area contributed by atoms with Crippen LogP contribution in [0.1, 0.15) is 50.8 Å². The Morgan fingerprint density at radius 3 is 2.44 bits per heavy atom. The van der Waals surface area contributed by atoms with Crippen LogP contribution in [-0.2, 0) is 14.3 Å². The molecule has 0 radical (unpaired) electrons. The largest absolute Gasteiger partial charge is 0.494 e. The molecule has 12 heteroatoms. The van der Waals surface area contributed by atoms with Gasteiger partial charge in [0.15, 0.2) is 16.3 Å². The molecule has 0 N–H and O–H groups in total. The molecule has 1 unspecified atom stereocenters. The monoisotopic (exact) mass is 692 g/mol. The highest BCUT2D eigenvalue weighted by Gasteiger charge is 2.34. The van der Waals surface area contributed by atoms with Gasteiger partial charge in [0.25, 0.3) is 5.56 Å². The first-order chi connectivity index (χ1) is 24.2. The van der Waals surface area contributed by atoms with Crippen LogP contribution in [0.25, 0.3) is 23.0 Å². The van der Waals surface area contributed by atoms with Gasteiger partial charge in [-0.25, -0.2) is 14.5 Å². The Morgan fingerprint density at radius 2 is 1.76 bits per heavy atom. The minimum Gasteiger partial charge on any atom is -0.494 e. The summed E-state index contributed by atoms with van der Waals surface area (Å²) in [6, 6.07) is 21.5. The lowest BCUT2D eigenvalue weighted by molar-refractivity contribution is -0.136. The number of para-hydroxylation sites is 1. The van der Waals surface area contributed by atoms with E-state index in [2.05, 4.69) is 11.9 Å². The van der Waals surface area contributed by atoms with E-state index in [0.717, 1.165) is 29.8 Å². The summed E-state index contributed by atoms with van der Waals surface area (Å²) in [6.07, 6.45) is 5.70. The minimum absolute atomic E-state index is 0.201.